The van der Waals surface area contributed by atoms with Crippen LogP contribution in [0.4, 0.5) is 0 Å². The van der Waals surface area contributed by atoms with Gasteiger partial charge in [0.25, 0.3) is 0 Å². The first-order valence-electron chi connectivity index (χ1n) is 8.71. The number of likely N-dealkylation sites (tertiary alicyclic amines) is 1. The number of ether oxygens (including phenoxy) is 1. The lowest BCUT2D eigenvalue weighted by atomic mass is 10.0. The van der Waals surface area contributed by atoms with Crippen molar-refractivity contribution in [3.05, 3.63) is 47.5 Å². The lowest BCUT2D eigenvalue weighted by Crippen LogP contribution is -2.45. The number of benzene rings is 1. The summed E-state index contributed by atoms with van der Waals surface area (Å²) < 4.78 is 7.48. The van der Waals surface area contributed by atoms with Crippen molar-refractivity contribution in [2.24, 2.45) is 7.05 Å². The number of nitrogens with zero attached hydrogens (tertiary/aromatic N) is 3. The van der Waals surface area contributed by atoms with Crippen molar-refractivity contribution in [1.29, 1.82) is 0 Å². The van der Waals surface area contributed by atoms with Crippen LogP contribution >= 0.6 is 0 Å². The topological polar surface area (TPSA) is 42.3 Å². The average Bonchev–Trinajstić information content (AvgIpc) is 2.92. The van der Waals surface area contributed by atoms with Crippen LogP contribution in [0.1, 0.15) is 29.9 Å². The summed E-state index contributed by atoms with van der Waals surface area (Å²) in [6, 6.07) is 8.92. The monoisotopic (exact) mass is 328 g/mol. The summed E-state index contributed by atoms with van der Waals surface area (Å²) in [5.74, 6) is 2.00. The van der Waals surface area contributed by atoms with Crippen molar-refractivity contribution in [2.45, 2.75) is 38.9 Å². The zero-order chi connectivity index (χ0) is 16.9. The van der Waals surface area contributed by atoms with E-state index in [2.05, 4.69) is 45.0 Å². The van der Waals surface area contributed by atoms with Gasteiger partial charge in [-0.25, -0.2) is 4.98 Å². The van der Waals surface area contributed by atoms with E-state index in [1.807, 2.05) is 19.2 Å². The molecule has 3 rings (SSSR count). The molecular formula is C19H28N4O. The van der Waals surface area contributed by atoms with Crippen molar-refractivity contribution in [3.63, 3.8) is 0 Å². The van der Waals surface area contributed by atoms with Gasteiger partial charge in [-0.3, -0.25) is 4.90 Å². The molecule has 1 N–H and O–H groups in total. The quantitative estimate of drug-likeness (QED) is 0.885. The highest BCUT2D eigenvalue weighted by Gasteiger charge is 2.20. The number of rotatable bonds is 6. The number of piperidine rings is 1. The minimum Gasteiger partial charge on any atom is -0.497 e. The summed E-state index contributed by atoms with van der Waals surface area (Å²) in [7, 11) is 3.80. The van der Waals surface area contributed by atoms with Crippen LogP contribution in [0, 0.1) is 6.92 Å². The van der Waals surface area contributed by atoms with Crippen molar-refractivity contribution in [1.82, 2.24) is 19.8 Å². The Morgan fingerprint density at radius 3 is 3.00 bits per heavy atom. The number of methoxy groups -OCH3 is 1. The van der Waals surface area contributed by atoms with Crippen molar-refractivity contribution in [2.75, 3.05) is 20.2 Å². The molecule has 1 aromatic heterocycles. The van der Waals surface area contributed by atoms with Crippen LogP contribution in [0.15, 0.2) is 30.5 Å². The molecule has 1 aromatic carbocycles. The fourth-order valence-electron chi connectivity index (χ4n) is 3.36. The molecule has 1 aliphatic rings. The second-order valence-electron chi connectivity index (χ2n) is 6.66. The van der Waals surface area contributed by atoms with Crippen LogP contribution in [0.2, 0.25) is 0 Å². The Hall–Kier alpha value is -1.85. The van der Waals surface area contributed by atoms with E-state index in [1.165, 1.54) is 30.6 Å². The molecule has 0 radical (unpaired) electrons. The van der Waals surface area contributed by atoms with Crippen molar-refractivity contribution >= 4 is 0 Å². The Morgan fingerprint density at radius 1 is 1.38 bits per heavy atom. The molecule has 24 heavy (non-hydrogen) atoms. The maximum absolute atomic E-state index is 5.33. The lowest BCUT2D eigenvalue weighted by Gasteiger charge is -2.33. The number of hydrogen-bond acceptors (Lipinski definition) is 4. The van der Waals surface area contributed by atoms with Gasteiger partial charge < -0.3 is 14.6 Å². The summed E-state index contributed by atoms with van der Waals surface area (Å²) in [4.78, 5) is 6.90. The Balaban J connectivity index is 1.53. The molecular weight excluding hydrogens is 300 g/mol. The molecule has 0 bridgehead atoms. The highest BCUT2D eigenvalue weighted by molar-refractivity contribution is 5.28. The number of aryl methyl sites for hydroxylation is 1. The van der Waals surface area contributed by atoms with Gasteiger partial charge in [-0.05, 0) is 44.0 Å². The highest BCUT2D eigenvalue weighted by Crippen LogP contribution is 2.18. The van der Waals surface area contributed by atoms with Gasteiger partial charge in [0.2, 0.25) is 0 Å². The summed E-state index contributed by atoms with van der Waals surface area (Å²) in [6.07, 6.45) is 4.46. The maximum Gasteiger partial charge on any atom is 0.119 e. The summed E-state index contributed by atoms with van der Waals surface area (Å²) in [5, 5.41) is 3.70. The van der Waals surface area contributed by atoms with Gasteiger partial charge in [0.1, 0.15) is 11.6 Å². The molecule has 130 valence electrons. The van der Waals surface area contributed by atoms with Gasteiger partial charge in [-0.15, -0.1) is 0 Å². The van der Waals surface area contributed by atoms with Gasteiger partial charge in [0, 0.05) is 38.9 Å². The molecule has 0 amide bonds. The molecule has 0 unspecified atom stereocenters. The van der Waals surface area contributed by atoms with Crippen molar-refractivity contribution < 1.29 is 4.74 Å². The first-order chi connectivity index (χ1) is 11.7. The third-order valence-electron chi connectivity index (χ3n) is 4.93. The van der Waals surface area contributed by atoms with E-state index in [1.54, 1.807) is 7.11 Å². The second kappa shape index (κ2) is 7.81. The maximum atomic E-state index is 5.33. The zero-order valence-electron chi connectivity index (χ0n) is 15.0. The van der Waals surface area contributed by atoms with E-state index >= 15 is 0 Å². The van der Waals surface area contributed by atoms with Crippen LogP contribution in [0.25, 0.3) is 0 Å². The number of aromatic nitrogens is 2. The minimum absolute atomic E-state index is 0.541. The van der Waals surface area contributed by atoms with Crippen LogP contribution in [0.3, 0.4) is 0 Å². The minimum atomic E-state index is 0.541. The van der Waals surface area contributed by atoms with Crippen LogP contribution in [0.5, 0.6) is 5.75 Å². The van der Waals surface area contributed by atoms with E-state index in [0.717, 1.165) is 31.2 Å². The first kappa shape index (κ1) is 17.0. The lowest BCUT2D eigenvalue weighted by molar-refractivity contribution is 0.182. The Morgan fingerprint density at radius 2 is 2.25 bits per heavy atom. The van der Waals surface area contributed by atoms with Gasteiger partial charge in [-0.1, -0.05) is 12.1 Å². The fraction of sp³-hybridized carbons (Fsp3) is 0.526. The molecule has 0 aliphatic carbocycles. The molecule has 1 aliphatic heterocycles. The largest absolute Gasteiger partial charge is 0.497 e. The van der Waals surface area contributed by atoms with Gasteiger partial charge in [0.05, 0.1) is 12.8 Å². The SMILES string of the molecule is COc1cccc(CN2CCC[C@@H](NCc3cnc(C)n3C)C2)c1. The number of nitrogens with one attached hydrogen (secondary N) is 1. The van der Waals surface area contributed by atoms with E-state index in [0.29, 0.717) is 6.04 Å². The van der Waals surface area contributed by atoms with E-state index in [9.17, 15) is 0 Å². The van der Waals surface area contributed by atoms with Gasteiger partial charge in [0.15, 0.2) is 0 Å². The summed E-state index contributed by atoms with van der Waals surface area (Å²) in [5.41, 5.74) is 2.56. The Labute approximate surface area is 144 Å². The zero-order valence-corrected chi connectivity index (χ0v) is 15.0. The van der Waals surface area contributed by atoms with Gasteiger partial charge >= 0.3 is 0 Å². The highest BCUT2D eigenvalue weighted by atomic mass is 16.5. The third-order valence-corrected chi connectivity index (χ3v) is 4.93. The molecule has 1 atom stereocenters. The predicted octanol–water partition coefficient (Wildman–Crippen LogP) is 2.49. The molecule has 2 aromatic rings. The molecule has 2 heterocycles. The van der Waals surface area contributed by atoms with Crippen molar-refractivity contribution in [3.8, 4) is 5.75 Å². The normalized spacial score (nSPS) is 18.7. The Kier molecular flexibility index (Phi) is 5.53. The second-order valence-corrected chi connectivity index (χ2v) is 6.66. The van der Waals surface area contributed by atoms with Crippen LogP contribution in [-0.4, -0.2) is 40.7 Å². The fourth-order valence-corrected chi connectivity index (χ4v) is 3.36. The molecule has 0 saturated carbocycles. The average molecular weight is 328 g/mol. The van der Waals surface area contributed by atoms with E-state index < -0.39 is 0 Å². The molecule has 5 nitrogen and oxygen atoms in total. The smallest absolute Gasteiger partial charge is 0.119 e. The van der Waals surface area contributed by atoms with Crippen LogP contribution in [-0.2, 0) is 20.1 Å². The number of imidazole rings is 1. The summed E-state index contributed by atoms with van der Waals surface area (Å²) in [6.45, 7) is 6.17. The van der Waals surface area contributed by atoms with Crippen LogP contribution < -0.4 is 10.1 Å². The number of hydrogen-bond donors (Lipinski definition) is 1. The van der Waals surface area contributed by atoms with E-state index in [-0.39, 0.29) is 0 Å². The van der Waals surface area contributed by atoms with Gasteiger partial charge in [-0.2, -0.15) is 0 Å². The molecule has 0 spiro atoms. The molecule has 1 fully saturated rings. The predicted molar refractivity (Wildman–Crippen MR) is 96.1 cm³/mol. The summed E-state index contributed by atoms with van der Waals surface area (Å²) >= 11 is 0. The first-order valence-corrected chi connectivity index (χ1v) is 8.71. The third kappa shape index (κ3) is 4.16. The van der Waals surface area contributed by atoms with E-state index in [4.69, 9.17) is 4.74 Å². The standard InChI is InChI=1S/C19H28N4O/c1-15-20-11-18(22(15)2)12-21-17-7-5-9-23(14-17)13-16-6-4-8-19(10-16)24-3/h4,6,8,10-11,17,21H,5,7,9,12-14H2,1-3H3/t17-/m1/s1. The molecule has 5 heteroatoms. The Bertz CT molecular complexity index is 667. The molecule has 1 saturated heterocycles.